The third kappa shape index (κ3) is 2.79. The molecule has 98 valence electrons. The number of nitrogens with one attached hydrogen (secondary N) is 1. The van der Waals surface area contributed by atoms with Gasteiger partial charge in [-0.25, -0.2) is 9.18 Å². The van der Waals surface area contributed by atoms with E-state index >= 15 is 0 Å². The number of aryl methyl sites for hydroxylation is 1. The summed E-state index contributed by atoms with van der Waals surface area (Å²) >= 11 is 1.24. The van der Waals surface area contributed by atoms with Crippen molar-refractivity contribution in [3.05, 3.63) is 51.5 Å². The lowest BCUT2D eigenvalue weighted by Gasteiger charge is -2.07. The third-order valence-electron chi connectivity index (χ3n) is 2.53. The number of anilines is 1. The number of rotatable bonds is 3. The average molecular weight is 279 g/mol. The summed E-state index contributed by atoms with van der Waals surface area (Å²) in [7, 11) is 0. The Kier molecular flexibility index (Phi) is 3.62. The second-order valence-electron chi connectivity index (χ2n) is 3.89. The van der Waals surface area contributed by atoms with Crippen LogP contribution in [-0.2, 0) is 0 Å². The molecule has 1 amide bonds. The minimum Gasteiger partial charge on any atom is -0.478 e. The van der Waals surface area contributed by atoms with Crippen LogP contribution in [-0.4, -0.2) is 17.0 Å². The van der Waals surface area contributed by atoms with Crippen LogP contribution in [0, 0.1) is 12.7 Å². The molecule has 19 heavy (non-hydrogen) atoms. The molecule has 0 fully saturated rings. The summed E-state index contributed by atoms with van der Waals surface area (Å²) in [4.78, 5) is 23.2. The molecule has 0 bridgehead atoms. The van der Waals surface area contributed by atoms with Gasteiger partial charge in [-0.3, -0.25) is 4.79 Å². The Morgan fingerprint density at radius 2 is 2.05 bits per heavy atom. The zero-order valence-electron chi connectivity index (χ0n) is 9.94. The summed E-state index contributed by atoms with van der Waals surface area (Å²) in [5.74, 6) is -2.30. The van der Waals surface area contributed by atoms with Crippen LogP contribution in [0.2, 0.25) is 0 Å². The maximum atomic E-state index is 13.5. The van der Waals surface area contributed by atoms with Crippen LogP contribution in [0.3, 0.4) is 0 Å². The number of halogens is 1. The maximum Gasteiger partial charge on any atom is 0.335 e. The van der Waals surface area contributed by atoms with E-state index in [9.17, 15) is 14.0 Å². The summed E-state index contributed by atoms with van der Waals surface area (Å²) in [6.07, 6.45) is 0. The number of aromatic carboxylic acids is 1. The quantitative estimate of drug-likeness (QED) is 0.907. The van der Waals surface area contributed by atoms with Gasteiger partial charge in [0.05, 0.1) is 16.1 Å². The molecule has 0 unspecified atom stereocenters. The molecule has 2 rings (SSSR count). The van der Waals surface area contributed by atoms with Crippen molar-refractivity contribution < 1.29 is 19.1 Å². The van der Waals surface area contributed by atoms with E-state index in [-0.39, 0.29) is 11.3 Å². The molecule has 4 nitrogen and oxygen atoms in total. The average Bonchev–Trinajstić information content (AvgIpc) is 2.78. The highest BCUT2D eigenvalue weighted by Gasteiger charge is 2.14. The minimum atomic E-state index is -1.18. The van der Waals surface area contributed by atoms with Gasteiger partial charge in [-0.15, -0.1) is 11.3 Å². The van der Waals surface area contributed by atoms with E-state index in [1.54, 1.807) is 18.4 Å². The molecule has 0 aliphatic rings. The van der Waals surface area contributed by atoms with Gasteiger partial charge in [-0.1, -0.05) is 0 Å². The lowest BCUT2D eigenvalue weighted by molar-refractivity contribution is 0.0696. The third-order valence-corrected chi connectivity index (χ3v) is 3.55. The Balaban J connectivity index is 2.28. The molecule has 1 aromatic carbocycles. The molecule has 2 N–H and O–H groups in total. The number of carboxylic acids is 1. The van der Waals surface area contributed by atoms with Crippen molar-refractivity contribution >= 4 is 28.9 Å². The van der Waals surface area contributed by atoms with Crippen molar-refractivity contribution in [3.8, 4) is 0 Å². The molecule has 6 heteroatoms. The standard InChI is InChI=1S/C13H10FNO3S/c1-7-4-5-19-11(7)12(16)15-10-6-8(13(17)18)2-3-9(10)14/h2-6H,1H3,(H,15,16)(H,17,18). The summed E-state index contributed by atoms with van der Waals surface area (Å²) in [6.45, 7) is 1.77. The zero-order valence-corrected chi connectivity index (χ0v) is 10.8. The first-order valence-corrected chi connectivity index (χ1v) is 6.25. The highest BCUT2D eigenvalue weighted by molar-refractivity contribution is 7.12. The fourth-order valence-corrected chi connectivity index (χ4v) is 2.36. The molecule has 0 spiro atoms. The first-order chi connectivity index (χ1) is 8.99. The van der Waals surface area contributed by atoms with Gasteiger partial charge in [0.1, 0.15) is 5.82 Å². The number of amides is 1. The van der Waals surface area contributed by atoms with Gasteiger partial charge in [-0.2, -0.15) is 0 Å². The van der Waals surface area contributed by atoms with Crippen molar-refractivity contribution in [2.75, 3.05) is 5.32 Å². The number of carbonyl (C=O) groups excluding carboxylic acids is 1. The van der Waals surface area contributed by atoms with E-state index in [2.05, 4.69) is 5.32 Å². The molecule has 0 aliphatic carbocycles. The van der Waals surface area contributed by atoms with Gasteiger partial charge >= 0.3 is 5.97 Å². The SMILES string of the molecule is Cc1ccsc1C(=O)Nc1cc(C(=O)O)ccc1F. The Bertz CT molecular complexity index is 651. The van der Waals surface area contributed by atoms with Crippen LogP contribution in [0.4, 0.5) is 10.1 Å². The number of carboxylic acid groups (broad SMARTS) is 1. The van der Waals surface area contributed by atoms with Crippen LogP contribution in [0.15, 0.2) is 29.6 Å². The fourth-order valence-electron chi connectivity index (χ4n) is 1.54. The van der Waals surface area contributed by atoms with Crippen LogP contribution in [0.5, 0.6) is 0 Å². The van der Waals surface area contributed by atoms with Crippen molar-refractivity contribution in [3.63, 3.8) is 0 Å². The Hall–Kier alpha value is -2.21. The van der Waals surface area contributed by atoms with E-state index < -0.39 is 17.7 Å². The molecule has 0 aliphatic heterocycles. The molecule has 2 aromatic rings. The largest absolute Gasteiger partial charge is 0.478 e. The highest BCUT2D eigenvalue weighted by Crippen LogP contribution is 2.20. The number of hydrogen-bond donors (Lipinski definition) is 2. The first-order valence-electron chi connectivity index (χ1n) is 5.37. The molecule has 0 atom stereocenters. The number of carbonyl (C=O) groups is 2. The normalized spacial score (nSPS) is 10.2. The van der Waals surface area contributed by atoms with E-state index in [1.165, 1.54) is 11.3 Å². The Morgan fingerprint density at radius 3 is 2.63 bits per heavy atom. The first kappa shape index (κ1) is 13.2. The van der Waals surface area contributed by atoms with Gasteiger partial charge in [0.2, 0.25) is 0 Å². The van der Waals surface area contributed by atoms with Gasteiger partial charge in [0, 0.05) is 0 Å². The molecule has 0 saturated heterocycles. The second-order valence-corrected chi connectivity index (χ2v) is 4.80. The summed E-state index contributed by atoms with van der Waals surface area (Å²) < 4.78 is 13.5. The summed E-state index contributed by atoms with van der Waals surface area (Å²) in [6, 6.07) is 5.03. The van der Waals surface area contributed by atoms with Gasteiger partial charge in [0.25, 0.3) is 5.91 Å². The van der Waals surface area contributed by atoms with Crippen LogP contribution in [0.1, 0.15) is 25.6 Å². The summed E-state index contributed by atoms with van der Waals surface area (Å²) in [5, 5.41) is 13.0. The number of benzene rings is 1. The van der Waals surface area contributed by atoms with Gasteiger partial charge < -0.3 is 10.4 Å². The van der Waals surface area contributed by atoms with Crippen molar-refractivity contribution in [1.29, 1.82) is 0 Å². The smallest absolute Gasteiger partial charge is 0.335 e. The second kappa shape index (κ2) is 5.19. The predicted molar refractivity (Wildman–Crippen MR) is 70.4 cm³/mol. The van der Waals surface area contributed by atoms with E-state index in [4.69, 9.17) is 5.11 Å². The van der Waals surface area contributed by atoms with Crippen molar-refractivity contribution in [1.82, 2.24) is 0 Å². The molecule has 0 radical (unpaired) electrons. The maximum absolute atomic E-state index is 13.5. The highest BCUT2D eigenvalue weighted by atomic mass is 32.1. The van der Waals surface area contributed by atoms with Crippen LogP contribution in [0.25, 0.3) is 0 Å². The lowest BCUT2D eigenvalue weighted by atomic mass is 10.2. The molecular formula is C13H10FNO3S. The Labute approximate surface area is 112 Å². The minimum absolute atomic E-state index is 0.0837. The monoisotopic (exact) mass is 279 g/mol. The van der Waals surface area contributed by atoms with Crippen molar-refractivity contribution in [2.24, 2.45) is 0 Å². The number of thiophene rings is 1. The number of hydrogen-bond acceptors (Lipinski definition) is 3. The molecule has 1 aromatic heterocycles. The predicted octanol–water partition coefficient (Wildman–Crippen LogP) is 3.15. The van der Waals surface area contributed by atoms with E-state index in [0.717, 1.165) is 23.8 Å². The van der Waals surface area contributed by atoms with Gasteiger partial charge in [0.15, 0.2) is 0 Å². The Morgan fingerprint density at radius 1 is 1.32 bits per heavy atom. The topological polar surface area (TPSA) is 66.4 Å². The van der Waals surface area contributed by atoms with Crippen LogP contribution >= 0.6 is 11.3 Å². The zero-order chi connectivity index (χ0) is 14.0. The van der Waals surface area contributed by atoms with E-state index in [1.807, 2.05) is 0 Å². The molecule has 0 saturated carbocycles. The lowest BCUT2D eigenvalue weighted by Crippen LogP contribution is -2.13. The van der Waals surface area contributed by atoms with Crippen molar-refractivity contribution in [2.45, 2.75) is 6.92 Å². The van der Waals surface area contributed by atoms with Crippen LogP contribution < -0.4 is 5.32 Å². The molecule has 1 heterocycles. The fraction of sp³-hybridized carbons (Fsp3) is 0.0769. The summed E-state index contributed by atoms with van der Waals surface area (Å²) in [5.41, 5.74) is 0.564. The van der Waals surface area contributed by atoms with E-state index in [0.29, 0.717) is 4.88 Å². The van der Waals surface area contributed by atoms with Gasteiger partial charge in [-0.05, 0) is 42.1 Å². The molecular weight excluding hydrogens is 269 g/mol.